The van der Waals surface area contributed by atoms with Crippen LogP contribution in [0.15, 0.2) is 28.2 Å². The summed E-state index contributed by atoms with van der Waals surface area (Å²) in [7, 11) is 1.99. The Labute approximate surface area is 159 Å². The van der Waals surface area contributed by atoms with Crippen LogP contribution in [0.2, 0.25) is 0 Å². The molecule has 25 heavy (non-hydrogen) atoms. The average Bonchev–Trinajstić information content (AvgIpc) is 2.62. The maximum Gasteiger partial charge on any atom is 0.228 e. The van der Waals surface area contributed by atoms with Gasteiger partial charge in [-0.2, -0.15) is 0 Å². The SMILES string of the molecule is C=CCOC1CCC(Oc2nc(C)c(/N=C/N(C)CC)cc2Br)CC1. The molecule has 0 aliphatic heterocycles. The van der Waals surface area contributed by atoms with Crippen molar-refractivity contribution in [3.8, 4) is 5.88 Å². The van der Waals surface area contributed by atoms with Gasteiger partial charge < -0.3 is 14.4 Å². The molecule has 1 aromatic heterocycles. The van der Waals surface area contributed by atoms with Gasteiger partial charge in [0.2, 0.25) is 5.88 Å². The van der Waals surface area contributed by atoms with Gasteiger partial charge >= 0.3 is 0 Å². The third-order valence-electron chi connectivity index (χ3n) is 4.35. The molecule has 1 fully saturated rings. The van der Waals surface area contributed by atoms with E-state index in [1.807, 2.05) is 31.3 Å². The van der Waals surface area contributed by atoms with Crippen molar-refractivity contribution in [1.29, 1.82) is 0 Å². The van der Waals surface area contributed by atoms with Gasteiger partial charge in [0.15, 0.2) is 0 Å². The van der Waals surface area contributed by atoms with Crippen molar-refractivity contribution in [2.24, 2.45) is 4.99 Å². The van der Waals surface area contributed by atoms with Crippen LogP contribution < -0.4 is 4.74 Å². The number of halogens is 1. The third kappa shape index (κ3) is 6.12. The minimum Gasteiger partial charge on any atom is -0.474 e. The maximum absolute atomic E-state index is 6.13. The number of ether oxygens (including phenoxy) is 2. The van der Waals surface area contributed by atoms with Gasteiger partial charge in [-0.3, -0.25) is 0 Å². The van der Waals surface area contributed by atoms with Crippen LogP contribution in [0.5, 0.6) is 5.88 Å². The Morgan fingerprint density at radius 3 is 2.68 bits per heavy atom. The number of nitrogens with zero attached hydrogens (tertiary/aromatic N) is 3. The smallest absolute Gasteiger partial charge is 0.228 e. The summed E-state index contributed by atoms with van der Waals surface area (Å²) in [5.41, 5.74) is 1.71. The van der Waals surface area contributed by atoms with Crippen molar-refractivity contribution in [2.75, 3.05) is 20.2 Å². The summed E-state index contributed by atoms with van der Waals surface area (Å²) in [5.74, 6) is 0.649. The van der Waals surface area contributed by atoms with E-state index in [1.54, 1.807) is 6.08 Å². The molecule has 0 aromatic carbocycles. The lowest BCUT2D eigenvalue weighted by Crippen LogP contribution is -2.28. The molecular formula is C19H28BrN3O2. The van der Waals surface area contributed by atoms with E-state index in [0.717, 1.165) is 48.1 Å². The minimum atomic E-state index is 0.187. The summed E-state index contributed by atoms with van der Waals surface area (Å²) < 4.78 is 12.7. The number of hydrogen-bond donors (Lipinski definition) is 0. The van der Waals surface area contributed by atoms with Crippen LogP contribution in [0.3, 0.4) is 0 Å². The zero-order chi connectivity index (χ0) is 18.2. The van der Waals surface area contributed by atoms with Crippen LogP contribution in [0, 0.1) is 6.92 Å². The topological polar surface area (TPSA) is 47.0 Å². The molecule has 0 saturated heterocycles. The second-order valence-corrected chi connectivity index (χ2v) is 7.19. The first-order valence-electron chi connectivity index (χ1n) is 8.84. The highest BCUT2D eigenvalue weighted by atomic mass is 79.9. The quantitative estimate of drug-likeness (QED) is 0.355. The predicted molar refractivity (Wildman–Crippen MR) is 106 cm³/mol. The van der Waals surface area contributed by atoms with Gasteiger partial charge in [-0.15, -0.1) is 6.58 Å². The molecule has 138 valence electrons. The maximum atomic E-state index is 6.13. The zero-order valence-electron chi connectivity index (χ0n) is 15.4. The summed E-state index contributed by atoms with van der Waals surface area (Å²) in [6, 6.07) is 1.97. The first kappa shape index (κ1) is 19.9. The van der Waals surface area contributed by atoms with Crippen molar-refractivity contribution in [3.05, 3.63) is 28.9 Å². The summed E-state index contributed by atoms with van der Waals surface area (Å²) in [4.78, 5) is 11.1. The molecule has 0 unspecified atom stereocenters. The molecule has 0 atom stereocenters. The Hall–Kier alpha value is -1.40. The predicted octanol–water partition coefficient (Wildman–Crippen LogP) is 4.66. The van der Waals surface area contributed by atoms with E-state index in [1.165, 1.54) is 0 Å². The second-order valence-electron chi connectivity index (χ2n) is 6.34. The number of rotatable bonds is 8. The van der Waals surface area contributed by atoms with Crippen LogP contribution in [0.25, 0.3) is 0 Å². The summed E-state index contributed by atoms with van der Waals surface area (Å²) in [6.45, 7) is 9.27. The minimum absolute atomic E-state index is 0.187. The van der Waals surface area contributed by atoms with Gasteiger partial charge in [-0.1, -0.05) is 6.08 Å². The summed E-state index contributed by atoms with van der Waals surface area (Å²) >= 11 is 3.57. The fourth-order valence-electron chi connectivity index (χ4n) is 2.68. The summed E-state index contributed by atoms with van der Waals surface area (Å²) in [5, 5.41) is 0. The Kier molecular flexibility index (Phi) is 7.90. The van der Waals surface area contributed by atoms with Gasteiger partial charge in [0.05, 0.1) is 34.9 Å². The molecule has 0 bridgehead atoms. The van der Waals surface area contributed by atoms with Gasteiger partial charge in [-0.05, 0) is 61.5 Å². The standard InChI is InChI=1S/C19H28BrN3O2/c1-5-11-24-15-7-9-16(10-8-15)25-19-17(20)12-18(14(3)22-19)21-13-23(4)6-2/h5,12-13,15-16H,1,6-11H2,2-4H3/b21-13+. The molecule has 5 nitrogen and oxygen atoms in total. The second kappa shape index (κ2) is 9.92. The molecule has 6 heteroatoms. The van der Waals surface area contributed by atoms with Crippen molar-refractivity contribution in [3.63, 3.8) is 0 Å². The van der Waals surface area contributed by atoms with E-state index in [9.17, 15) is 0 Å². The van der Waals surface area contributed by atoms with Gasteiger partial charge in [0.1, 0.15) is 6.10 Å². The summed E-state index contributed by atoms with van der Waals surface area (Å²) in [6.07, 6.45) is 8.13. The molecular weight excluding hydrogens is 382 g/mol. The Morgan fingerprint density at radius 1 is 1.36 bits per heavy atom. The first-order valence-corrected chi connectivity index (χ1v) is 9.63. The monoisotopic (exact) mass is 409 g/mol. The highest BCUT2D eigenvalue weighted by molar-refractivity contribution is 9.10. The fraction of sp³-hybridized carbons (Fsp3) is 0.579. The molecule has 0 radical (unpaired) electrons. The van der Waals surface area contributed by atoms with Gasteiger partial charge in [0, 0.05) is 13.6 Å². The van der Waals surface area contributed by atoms with Gasteiger partial charge in [0.25, 0.3) is 0 Å². The third-order valence-corrected chi connectivity index (χ3v) is 4.92. The van der Waals surface area contributed by atoms with Crippen LogP contribution in [0.4, 0.5) is 5.69 Å². The van der Waals surface area contributed by atoms with Gasteiger partial charge in [-0.25, -0.2) is 9.98 Å². The Bertz CT molecular complexity index is 599. The molecule has 0 spiro atoms. The zero-order valence-corrected chi connectivity index (χ0v) is 17.0. The van der Waals surface area contributed by atoms with Crippen LogP contribution in [-0.2, 0) is 4.74 Å². The highest BCUT2D eigenvalue weighted by Crippen LogP contribution is 2.32. The largest absolute Gasteiger partial charge is 0.474 e. The van der Waals surface area contributed by atoms with Crippen LogP contribution >= 0.6 is 15.9 Å². The molecule has 1 saturated carbocycles. The average molecular weight is 410 g/mol. The first-order chi connectivity index (χ1) is 12.0. The highest BCUT2D eigenvalue weighted by Gasteiger charge is 2.24. The molecule has 0 amide bonds. The Morgan fingerprint density at radius 2 is 2.04 bits per heavy atom. The van der Waals surface area contributed by atoms with Crippen molar-refractivity contribution in [1.82, 2.24) is 9.88 Å². The van der Waals surface area contributed by atoms with E-state index in [0.29, 0.717) is 18.6 Å². The number of aryl methyl sites for hydroxylation is 1. The molecule has 1 aromatic rings. The molecule has 0 N–H and O–H groups in total. The number of hydrogen-bond acceptors (Lipinski definition) is 4. The number of aromatic nitrogens is 1. The normalized spacial score (nSPS) is 20.6. The molecule has 1 aliphatic carbocycles. The van der Waals surface area contributed by atoms with E-state index < -0.39 is 0 Å². The van der Waals surface area contributed by atoms with Crippen molar-refractivity contribution >= 4 is 28.0 Å². The molecule has 2 rings (SSSR count). The van der Waals surface area contributed by atoms with E-state index in [-0.39, 0.29) is 6.10 Å². The molecule has 1 heterocycles. The molecule has 1 aliphatic rings. The van der Waals surface area contributed by atoms with Crippen molar-refractivity contribution in [2.45, 2.75) is 51.7 Å². The lowest BCUT2D eigenvalue weighted by molar-refractivity contribution is 0.0147. The van der Waals surface area contributed by atoms with Crippen LogP contribution in [0.1, 0.15) is 38.3 Å². The van der Waals surface area contributed by atoms with Crippen LogP contribution in [-0.4, -0.2) is 48.6 Å². The van der Waals surface area contributed by atoms with E-state index in [4.69, 9.17) is 9.47 Å². The number of pyridine rings is 1. The number of aliphatic imine (C=N–C) groups is 1. The fourth-order valence-corrected chi connectivity index (χ4v) is 3.08. The van der Waals surface area contributed by atoms with E-state index in [2.05, 4.69) is 39.4 Å². The Balaban J connectivity index is 1.96. The van der Waals surface area contributed by atoms with Crippen molar-refractivity contribution < 1.29 is 9.47 Å². The lowest BCUT2D eigenvalue weighted by Gasteiger charge is -2.28. The lowest BCUT2D eigenvalue weighted by atomic mass is 9.95. The van der Waals surface area contributed by atoms with E-state index >= 15 is 0 Å².